The second-order valence-corrected chi connectivity index (χ2v) is 7.29. The first-order valence-electron chi connectivity index (χ1n) is 10.3. The number of aliphatic imine (C=N–C) groups is 1. The molecule has 1 saturated heterocycles. The quantitative estimate of drug-likeness (QED) is 0.343. The van der Waals surface area contributed by atoms with Gasteiger partial charge < -0.3 is 24.9 Å². The second-order valence-electron chi connectivity index (χ2n) is 7.29. The molecule has 8 nitrogen and oxygen atoms in total. The molecule has 2 N–H and O–H groups in total. The predicted molar refractivity (Wildman–Crippen MR) is 123 cm³/mol. The van der Waals surface area contributed by atoms with Crippen molar-refractivity contribution in [3.05, 3.63) is 24.2 Å². The molecule has 2 amide bonds. The number of hydrogen-bond acceptors (Lipinski definition) is 4. The van der Waals surface area contributed by atoms with Crippen LogP contribution in [0.15, 0.2) is 27.8 Å². The molecule has 0 spiro atoms. The molecule has 1 aromatic heterocycles. The van der Waals surface area contributed by atoms with Gasteiger partial charge in [0.25, 0.3) is 5.91 Å². The van der Waals surface area contributed by atoms with Crippen LogP contribution in [0.2, 0.25) is 0 Å². The first kappa shape index (κ1) is 23.5. The summed E-state index contributed by atoms with van der Waals surface area (Å²) in [5, 5.41) is 6.39. The standard InChI is InChI=1S/C20H31N5O3.HI/c1-2-21-20(22-10-9-18(26)23-16-6-3-4-7-16)25-13-11-24(12-14-25)19(27)17-8-5-15-28-17;/h5,8,15-16H,2-4,6-7,9-14H2,1H3,(H,21,22)(H,23,26);1H. The number of nitrogens with one attached hydrogen (secondary N) is 2. The molecular weight excluding hydrogens is 485 g/mol. The van der Waals surface area contributed by atoms with Gasteiger partial charge in [-0.2, -0.15) is 0 Å². The lowest BCUT2D eigenvalue weighted by Gasteiger charge is -2.36. The van der Waals surface area contributed by atoms with Gasteiger partial charge in [-0.1, -0.05) is 12.8 Å². The number of nitrogens with zero attached hydrogens (tertiary/aromatic N) is 3. The lowest BCUT2D eigenvalue weighted by atomic mass is 10.2. The second kappa shape index (κ2) is 12.0. The van der Waals surface area contributed by atoms with Crippen LogP contribution in [0.25, 0.3) is 0 Å². The molecule has 3 rings (SSSR count). The van der Waals surface area contributed by atoms with E-state index in [-0.39, 0.29) is 35.8 Å². The number of piperazine rings is 1. The van der Waals surface area contributed by atoms with Crippen LogP contribution in [0.3, 0.4) is 0 Å². The first-order valence-corrected chi connectivity index (χ1v) is 10.3. The monoisotopic (exact) mass is 517 g/mol. The van der Waals surface area contributed by atoms with E-state index in [9.17, 15) is 9.59 Å². The molecule has 9 heteroatoms. The highest BCUT2D eigenvalue weighted by Crippen LogP contribution is 2.17. The van der Waals surface area contributed by atoms with Gasteiger partial charge in [-0.05, 0) is 31.9 Å². The van der Waals surface area contributed by atoms with Crippen molar-refractivity contribution in [1.82, 2.24) is 20.4 Å². The van der Waals surface area contributed by atoms with Crippen molar-refractivity contribution in [1.29, 1.82) is 0 Å². The normalized spacial score (nSPS) is 17.8. The van der Waals surface area contributed by atoms with Crippen LogP contribution >= 0.6 is 24.0 Å². The van der Waals surface area contributed by atoms with E-state index in [1.165, 1.54) is 19.1 Å². The highest BCUT2D eigenvalue weighted by atomic mass is 127. The van der Waals surface area contributed by atoms with Crippen molar-refractivity contribution >= 4 is 41.8 Å². The lowest BCUT2D eigenvalue weighted by molar-refractivity contribution is -0.121. The van der Waals surface area contributed by atoms with Crippen molar-refractivity contribution in [2.75, 3.05) is 39.3 Å². The fraction of sp³-hybridized carbons (Fsp3) is 0.650. The zero-order chi connectivity index (χ0) is 19.8. The van der Waals surface area contributed by atoms with Crippen LogP contribution in [0.1, 0.15) is 49.6 Å². The molecule has 2 fully saturated rings. The minimum absolute atomic E-state index is 0. The molecule has 0 radical (unpaired) electrons. The molecule has 0 unspecified atom stereocenters. The Morgan fingerprint density at radius 2 is 1.86 bits per heavy atom. The van der Waals surface area contributed by atoms with Crippen molar-refractivity contribution in [3.63, 3.8) is 0 Å². The van der Waals surface area contributed by atoms with Crippen LogP contribution < -0.4 is 10.6 Å². The number of hydrogen-bond donors (Lipinski definition) is 2. The van der Waals surface area contributed by atoms with Crippen LogP contribution in [0.4, 0.5) is 0 Å². The first-order chi connectivity index (χ1) is 13.7. The number of rotatable bonds is 6. The third kappa shape index (κ3) is 6.90. The van der Waals surface area contributed by atoms with Gasteiger partial charge in [-0.3, -0.25) is 14.6 Å². The third-order valence-electron chi connectivity index (χ3n) is 5.25. The Morgan fingerprint density at radius 1 is 1.17 bits per heavy atom. The molecule has 0 aromatic carbocycles. The smallest absolute Gasteiger partial charge is 0.289 e. The van der Waals surface area contributed by atoms with Gasteiger partial charge >= 0.3 is 0 Å². The summed E-state index contributed by atoms with van der Waals surface area (Å²) in [5.74, 6) is 1.19. The van der Waals surface area contributed by atoms with E-state index in [1.54, 1.807) is 17.0 Å². The minimum Gasteiger partial charge on any atom is -0.459 e. The number of guanidine groups is 1. The number of amides is 2. The van der Waals surface area contributed by atoms with Gasteiger partial charge in [0.15, 0.2) is 11.7 Å². The summed E-state index contributed by atoms with van der Waals surface area (Å²) in [4.78, 5) is 33.0. The molecule has 1 aliphatic heterocycles. The van der Waals surface area contributed by atoms with Gasteiger partial charge in [0.1, 0.15) is 0 Å². The molecule has 1 aliphatic carbocycles. The molecule has 0 atom stereocenters. The van der Waals surface area contributed by atoms with Crippen molar-refractivity contribution in [2.24, 2.45) is 4.99 Å². The Hall–Kier alpha value is -1.78. The zero-order valence-electron chi connectivity index (χ0n) is 17.1. The van der Waals surface area contributed by atoms with E-state index in [0.29, 0.717) is 50.9 Å². The van der Waals surface area contributed by atoms with Crippen molar-refractivity contribution in [3.8, 4) is 0 Å². The van der Waals surface area contributed by atoms with Gasteiger partial charge in [0.05, 0.1) is 12.8 Å². The Bertz CT molecular complexity index is 666. The summed E-state index contributed by atoms with van der Waals surface area (Å²) in [6.45, 7) is 5.89. The van der Waals surface area contributed by atoms with Crippen molar-refractivity contribution < 1.29 is 14.0 Å². The molecular formula is C20H32IN5O3. The minimum atomic E-state index is -0.0739. The maximum absolute atomic E-state index is 12.4. The molecule has 2 heterocycles. The number of halogens is 1. The molecule has 0 bridgehead atoms. The maximum atomic E-state index is 12.4. The molecule has 1 aromatic rings. The van der Waals surface area contributed by atoms with E-state index >= 15 is 0 Å². The predicted octanol–water partition coefficient (Wildman–Crippen LogP) is 2.07. The Kier molecular flexibility index (Phi) is 9.75. The van der Waals surface area contributed by atoms with E-state index in [0.717, 1.165) is 25.3 Å². The highest BCUT2D eigenvalue weighted by Gasteiger charge is 2.25. The highest BCUT2D eigenvalue weighted by molar-refractivity contribution is 14.0. The van der Waals surface area contributed by atoms with E-state index in [2.05, 4.69) is 20.5 Å². The van der Waals surface area contributed by atoms with Crippen LogP contribution in [0.5, 0.6) is 0 Å². The summed E-state index contributed by atoms with van der Waals surface area (Å²) in [5.41, 5.74) is 0. The Labute approximate surface area is 189 Å². The number of carbonyl (C=O) groups is 2. The maximum Gasteiger partial charge on any atom is 0.289 e. The zero-order valence-corrected chi connectivity index (χ0v) is 19.4. The van der Waals surface area contributed by atoms with Gasteiger partial charge in [0.2, 0.25) is 5.91 Å². The Balaban J connectivity index is 0.00000300. The van der Waals surface area contributed by atoms with Crippen LogP contribution in [-0.4, -0.2) is 72.9 Å². The molecule has 2 aliphatic rings. The summed E-state index contributed by atoms with van der Waals surface area (Å²) >= 11 is 0. The summed E-state index contributed by atoms with van der Waals surface area (Å²) < 4.78 is 5.21. The summed E-state index contributed by atoms with van der Waals surface area (Å²) in [6.07, 6.45) is 6.53. The summed E-state index contributed by atoms with van der Waals surface area (Å²) in [7, 11) is 0. The Morgan fingerprint density at radius 3 is 2.48 bits per heavy atom. The van der Waals surface area contributed by atoms with Crippen molar-refractivity contribution in [2.45, 2.75) is 45.1 Å². The van der Waals surface area contributed by atoms with Gasteiger partial charge in [0, 0.05) is 45.2 Å². The van der Waals surface area contributed by atoms with E-state index in [4.69, 9.17) is 4.42 Å². The van der Waals surface area contributed by atoms with Crippen LogP contribution in [0, 0.1) is 0 Å². The average molecular weight is 517 g/mol. The average Bonchev–Trinajstić information content (AvgIpc) is 3.41. The SMILES string of the molecule is CCNC(=NCCC(=O)NC1CCCC1)N1CCN(C(=O)c2ccco2)CC1.I. The fourth-order valence-electron chi connectivity index (χ4n) is 3.74. The summed E-state index contributed by atoms with van der Waals surface area (Å²) in [6, 6.07) is 3.77. The molecule has 162 valence electrons. The number of carbonyl (C=O) groups excluding carboxylic acids is 2. The third-order valence-corrected chi connectivity index (χ3v) is 5.25. The fourth-order valence-corrected chi connectivity index (χ4v) is 3.74. The molecule has 1 saturated carbocycles. The van der Waals surface area contributed by atoms with Gasteiger partial charge in [-0.25, -0.2) is 0 Å². The topological polar surface area (TPSA) is 90.2 Å². The number of furan rings is 1. The van der Waals surface area contributed by atoms with Gasteiger partial charge in [-0.15, -0.1) is 24.0 Å². The van der Waals surface area contributed by atoms with E-state index in [1.807, 2.05) is 6.92 Å². The van der Waals surface area contributed by atoms with Crippen LogP contribution in [-0.2, 0) is 4.79 Å². The molecule has 29 heavy (non-hydrogen) atoms. The van der Waals surface area contributed by atoms with E-state index < -0.39 is 0 Å². The lowest BCUT2D eigenvalue weighted by Crippen LogP contribution is -2.53. The largest absolute Gasteiger partial charge is 0.459 e.